The fourth-order valence-electron chi connectivity index (χ4n) is 3.42. The molecule has 0 spiro atoms. The predicted octanol–water partition coefficient (Wildman–Crippen LogP) is 0.990. The van der Waals surface area contributed by atoms with Crippen molar-refractivity contribution in [3.63, 3.8) is 0 Å². The van der Waals surface area contributed by atoms with Gasteiger partial charge in [-0.2, -0.15) is 0 Å². The molecule has 4 rings (SSSR count). The average molecular weight is 519 g/mol. The summed E-state index contributed by atoms with van der Waals surface area (Å²) in [6, 6.07) is 6.66. The van der Waals surface area contributed by atoms with Gasteiger partial charge in [0.2, 0.25) is 0 Å². The largest absolute Gasteiger partial charge is 0.508 e. The number of hydrogen-bond donors (Lipinski definition) is 6. The molecule has 3 aromatic rings. The normalized spacial score (nSPS) is 20.6. The highest BCUT2D eigenvalue weighted by Gasteiger charge is 2.45. The Kier molecular flexibility index (Phi) is 9.54. The van der Waals surface area contributed by atoms with Crippen LogP contribution >= 0.6 is 0 Å². The first-order chi connectivity index (χ1) is 17.7. The maximum Gasteiger partial charge on any atom is 0.407 e. The van der Waals surface area contributed by atoms with E-state index in [0.29, 0.717) is 23.5 Å². The van der Waals surface area contributed by atoms with Gasteiger partial charge >= 0.3 is 12.1 Å². The summed E-state index contributed by atoms with van der Waals surface area (Å²) >= 11 is 0. The number of aliphatic hydroxyl groups excluding tert-OH is 2. The predicted molar refractivity (Wildman–Crippen MR) is 130 cm³/mol. The number of benzene rings is 1. The van der Waals surface area contributed by atoms with Crippen LogP contribution in [0.3, 0.4) is 0 Å². The maximum atomic E-state index is 11.5. The molecule has 0 aliphatic carbocycles. The number of hydrogen-bond acceptors (Lipinski definition) is 11. The lowest BCUT2D eigenvalue weighted by Crippen LogP contribution is -2.36. The Morgan fingerprint density at radius 3 is 2.49 bits per heavy atom. The number of phenolic OH excluding ortho intramolecular Hbond substituents is 1. The van der Waals surface area contributed by atoms with Crippen LogP contribution in [-0.4, -0.2) is 83.5 Å². The highest BCUT2D eigenvalue weighted by atomic mass is 16.6. The standard InChI is InChI=1S/C20H22N6O8.C3H8/c27-11-3-1-10(2-4-11)5-21-17-14-18(24-8-23-17)26(9-25-14)19-16(31)15(30)12(34-19)7-33-20(32)22-6-13(28)29;1-3-2/h1-4,8-9,12,15-16,19,27,30-31H,5-7H2,(H,22,32)(H,28,29)(H,21,23,24);3H2,1-2H3. The highest BCUT2D eigenvalue weighted by molar-refractivity contribution is 5.82. The van der Waals surface area contributed by atoms with E-state index in [1.165, 1.54) is 23.6 Å². The molecular formula is C23H30N6O8. The lowest BCUT2D eigenvalue weighted by Gasteiger charge is -2.16. The minimum Gasteiger partial charge on any atom is -0.508 e. The molecule has 14 nitrogen and oxygen atoms in total. The molecule has 0 radical (unpaired) electrons. The molecule has 1 fully saturated rings. The SMILES string of the molecule is CCC.O=C(O)CNC(=O)OCC1OC(n2cnc3c(NCc4ccc(O)cc4)ncnc32)C(O)C1O. The van der Waals surface area contributed by atoms with Crippen LogP contribution in [-0.2, 0) is 20.8 Å². The third kappa shape index (κ3) is 7.03. The van der Waals surface area contributed by atoms with Crippen LogP contribution in [0.15, 0.2) is 36.9 Å². The third-order valence-corrected chi connectivity index (χ3v) is 5.13. The van der Waals surface area contributed by atoms with Crippen LogP contribution in [0.5, 0.6) is 5.75 Å². The Morgan fingerprint density at radius 1 is 1.11 bits per heavy atom. The zero-order valence-electron chi connectivity index (χ0n) is 20.3. The number of carbonyl (C=O) groups is 2. The van der Waals surface area contributed by atoms with Crippen LogP contribution in [0.2, 0.25) is 0 Å². The lowest BCUT2D eigenvalue weighted by atomic mass is 10.1. The number of ether oxygens (including phenoxy) is 2. The van der Waals surface area contributed by atoms with E-state index in [1.54, 1.807) is 24.3 Å². The van der Waals surface area contributed by atoms with E-state index in [2.05, 4.69) is 34.1 Å². The molecule has 1 saturated heterocycles. The first kappa shape index (κ1) is 27.6. The minimum absolute atomic E-state index is 0.161. The summed E-state index contributed by atoms with van der Waals surface area (Å²) in [5, 5.41) is 44.0. The first-order valence-electron chi connectivity index (χ1n) is 11.6. The van der Waals surface area contributed by atoms with Gasteiger partial charge in [-0.25, -0.2) is 19.7 Å². The molecular weight excluding hydrogens is 488 g/mol. The average Bonchev–Trinajstić information content (AvgIpc) is 3.43. The number of aromatic nitrogens is 4. The molecule has 1 aliphatic heterocycles. The van der Waals surface area contributed by atoms with Crippen molar-refractivity contribution in [1.82, 2.24) is 24.8 Å². The van der Waals surface area contributed by atoms with Gasteiger partial charge in [0.1, 0.15) is 43.5 Å². The number of rotatable bonds is 8. The van der Waals surface area contributed by atoms with Gasteiger partial charge in [-0.3, -0.25) is 9.36 Å². The van der Waals surface area contributed by atoms with Crippen molar-refractivity contribution in [2.24, 2.45) is 0 Å². The monoisotopic (exact) mass is 518 g/mol. The number of phenols is 1. The van der Waals surface area contributed by atoms with Gasteiger partial charge in [-0.1, -0.05) is 32.4 Å². The van der Waals surface area contributed by atoms with E-state index in [1.807, 2.05) is 5.32 Å². The molecule has 0 saturated carbocycles. The van der Waals surface area contributed by atoms with E-state index >= 15 is 0 Å². The Balaban J connectivity index is 0.00000121. The second kappa shape index (κ2) is 12.8. The van der Waals surface area contributed by atoms with Crippen molar-refractivity contribution in [3.8, 4) is 5.75 Å². The van der Waals surface area contributed by atoms with Gasteiger partial charge < -0.3 is 40.5 Å². The number of aromatic hydroxyl groups is 1. The van der Waals surface area contributed by atoms with Crippen molar-refractivity contribution >= 4 is 29.0 Å². The maximum absolute atomic E-state index is 11.5. The molecule has 6 N–H and O–H groups in total. The number of alkyl carbamates (subject to hydrolysis) is 1. The second-order valence-electron chi connectivity index (χ2n) is 8.17. The summed E-state index contributed by atoms with van der Waals surface area (Å²) in [5.41, 5.74) is 1.64. The number of fused-ring (bicyclic) bond motifs is 1. The summed E-state index contributed by atoms with van der Waals surface area (Å²) in [6.45, 7) is 3.62. The van der Waals surface area contributed by atoms with Crippen molar-refractivity contribution < 1.29 is 39.5 Å². The molecule has 4 unspecified atom stereocenters. The Bertz CT molecular complexity index is 1190. The van der Waals surface area contributed by atoms with Crippen molar-refractivity contribution in [3.05, 3.63) is 42.5 Å². The number of nitrogens with zero attached hydrogens (tertiary/aromatic N) is 4. The number of anilines is 1. The van der Waals surface area contributed by atoms with E-state index in [0.717, 1.165) is 5.56 Å². The molecule has 200 valence electrons. The summed E-state index contributed by atoms with van der Waals surface area (Å²) in [6.07, 6.45) is -1.96. The van der Waals surface area contributed by atoms with Gasteiger partial charge in [0.25, 0.3) is 0 Å². The third-order valence-electron chi connectivity index (χ3n) is 5.13. The number of aliphatic hydroxyl groups is 2. The Hall–Kier alpha value is -4.01. The molecule has 14 heteroatoms. The van der Waals surface area contributed by atoms with Gasteiger partial charge in [-0.15, -0.1) is 0 Å². The van der Waals surface area contributed by atoms with Gasteiger partial charge in [-0.05, 0) is 17.7 Å². The minimum atomic E-state index is -1.39. The van der Waals surface area contributed by atoms with Crippen LogP contribution in [0.1, 0.15) is 32.1 Å². The van der Waals surface area contributed by atoms with Crippen LogP contribution in [0.4, 0.5) is 10.6 Å². The highest BCUT2D eigenvalue weighted by Crippen LogP contribution is 2.32. The summed E-state index contributed by atoms with van der Waals surface area (Å²) in [5.74, 6) is -0.649. The topological polar surface area (TPSA) is 201 Å². The van der Waals surface area contributed by atoms with E-state index in [-0.39, 0.29) is 5.75 Å². The fraction of sp³-hybridized carbons (Fsp3) is 0.435. The molecule has 1 aliphatic rings. The quantitative estimate of drug-likeness (QED) is 0.247. The van der Waals surface area contributed by atoms with Gasteiger partial charge in [0.15, 0.2) is 23.2 Å². The summed E-state index contributed by atoms with van der Waals surface area (Å²) in [4.78, 5) is 34.7. The number of carboxylic acids is 1. The van der Waals surface area contributed by atoms with Gasteiger partial charge in [0.05, 0.1) is 6.33 Å². The number of imidazole rings is 1. The fourth-order valence-corrected chi connectivity index (χ4v) is 3.42. The lowest BCUT2D eigenvalue weighted by molar-refractivity contribution is -0.135. The summed E-state index contributed by atoms with van der Waals surface area (Å²) < 4.78 is 12.0. The molecule has 1 aromatic carbocycles. The number of carboxylic acid groups (broad SMARTS) is 1. The van der Waals surface area contributed by atoms with Crippen molar-refractivity contribution in [2.75, 3.05) is 18.5 Å². The Morgan fingerprint density at radius 2 is 1.81 bits per heavy atom. The number of nitrogens with one attached hydrogen (secondary N) is 2. The number of amides is 1. The van der Waals surface area contributed by atoms with Crippen LogP contribution < -0.4 is 10.6 Å². The van der Waals surface area contributed by atoms with Gasteiger partial charge in [0, 0.05) is 6.54 Å². The van der Waals surface area contributed by atoms with E-state index in [4.69, 9.17) is 14.6 Å². The second-order valence-corrected chi connectivity index (χ2v) is 8.17. The smallest absolute Gasteiger partial charge is 0.407 e. The first-order valence-corrected chi connectivity index (χ1v) is 11.6. The molecule has 0 bridgehead atoms. The van der Waals surface area contributed by atoms with Crippen LogP contribution in [0, 0.1) is 0 Å². The van der Waals surface area contributed by atoms with Crippen molar-refractivity contribution in [2.45, 2.75) is 51.4 Å². The van der Waals surface area contributed by atoms with Crippen molar-refractivity contribution in [1.29, 1.82) is 0 Å². The molecule has 37 heavy (non-hydrogen) atoms. The molecule has 3 heterocycles. The summed E-state index contributed by atoms with van der Waals surface area (Å²) in [7, 11) is 0. The van der Waals surface area contributed by atoms with E-state index in [9.17, 15) is 24.9 Å². The molecule has 4 atom stereocenters. The number of carbonyl (C=O) groups excluding carboxylic acids is 1. The molecule has 1 amide bonds. The zero-order valence-corrected chi connectivity index (χ0v) is 20.3. The zero-order chi connectivity index (χ0) is 26.9. The van der Waals surface area contributed by atoms with Crippen LogP contribution in [0.25, 0.3) is 11.2 Å². The number of aliphatic carboxylic acids is 1. The van der Waals surface area contributed by atoms with E-state index < -0.39 is 49.8 Å². The Labute approximate surface area is 211 Å². The molecule has 2 aromatic heterocycles.